The average molecular weight is 470 g/mol. The number of nitrogens with zero attached hydrogens (tertiary/aromatic N) is 7. The lowest BCUT2D eigenvalue weighted by atomic mass is 10.2. The van der Waals surface area contributed by atoms with Gasteiger partial charge in [0.1, 0.15) is 28.7 Å². The van der Waals surface area contributed by atoms with Crippen LogP contribution in [0.25, 0.3) is 55.2 Å². The molecule has 0 atom stereocenters. The normalized spacial score (nSPS) is 11.1. The molecule has 8 rings (SSSR count). The summed E-state index contributed by atoms with van der Waals surface area (Å²) in [6.45, 7) is 4.00. The van der Waals surface area contributed by atoms with E-state index in [4.69, 9.17) is 0 Å². The van der Waals surface area contributed by atoms with Gasteiger partial charge in [0.25, 0.3) is 0 Å². The van der Waals surface area contributed by atoms with Crippen molar-refractivity contribution in [3.63, 3.8) is 0 Å². The molecule has 0 bridgehead atoms. The minimum Gasteiger partial charge on any atom is -0.284 e. The van der Waals surface area contributed by atoms with Crippen molar-refractivity contribution < 1.29 is 0 Å². The van der Waals surface area contributed by atoms with Crippen molar-refractivity contribution in [2.24, 2.45) is 0 Å². The summed E-state index contributed by atoms with van der Waals surface area (Å²) in [5, 5.41) is 4.68. The molecule has 0 aliphatic rings. The van der Waals surface area contributed by atoms with Crippen LogP contribution < -0.4 is 0 Å². The summed E-state index contributed by atoms with van der Waals surface area (Å²) in [6, 6.07) is 24.6. The monoisotopic (exact) mass is 469 g/mol. The summed E-state index contributed by atoms with van der Waals surface area (Å²) in [7, 11) is 0. The molecule has 0 N–H and O–H groups in total. The maximum Gasteiger partial charge on any atom is 0.167 e. The number of pyridine rings is 3. The van der Waals surface area contributed by atoms with Crippen LogP contribution in [0.3, 0.4) is 0 Å². The number of imidazole rings is 2. The van der Waals surface area contributed by atoms with Crippen molar-refractivity contribution in [2.45, 2.75) is 13.8 Å². The summed E-state index contributed by atoms with van der Waals surface area (Å²) in [5.41, 5.74) is 5.41. The van der Waals surface area contributed by atoms with Crippen LogP contribution in [0.4, 0.5) is 0 Å². The summed E-state index contributed by atoms with van der Waals surface area (Å²) < 4.78 is 4.04. The fraction of sp³-hybridized carbons (Fsp3) is 0.0690. The summed E-state index contributed by atoms with van der Waals surface area (Å²) in [6.07, 6.45) is 9.11. The SMILES string of the molecule is CC.c1ccc2c(c1)ccn1c3ncccc3nc21.c1ccc2c(c1)ccn1c3ncncc3nc21. The van der Waals surface area contributed by atoms with Crippen LogP contribution in [0, 0.1) is 0 Å². The van der Waals surface area contributed by atoms with E-state index in [9.17, 15) is 0 Å². The first kappa shape index (κ1) is 21.6. The molecule has 0 amide bonds. The Kier molecular flexibility index (Phi) is 5.42. The maximum atomic E-state index is 4.64. The van der Waals surface area contributed by atoms with Gasteiger partial charge in [0.15, 0.2) is 11.3 Å². The molecule has 0 radical (unpaired) electrons. The van der Waals surface area contributed by atoms with Crippen molar-refractivity contribution in [3.05, 3.63) is 104 Å². The first-order chi connectivity index (χ1) is 17.9. The van der Waals surface area contributed by atoms with Crippen LogP contribution in [-0.4, -0.2) is 33.7 Å². The van der Waals surface area contributed by atoms with Gasteiger partial charge in [-0.1, -0.05) is 62.4 Å². The van der Waals surface area contributed by atoms with Gasteiger partial charge in [-0.3, -0.25) is 8.80 Å². The van der Waals surface area contributed by atoms with Crippen molar-refractivity contribution in [1.82, 2.24) is 33.7 Å². The van der Waals surface area contributed by atoms with Crippen molar-refractivity contribution >= 4 is 55.2 Å². The molecule has 0 aliphatic carbocycles. The molecule has 0 unspecified atom stereocenters. The van der Waals surface area contributed by atoms with Crippen LogP contribution in [0.5, 0.6) is 0 Å². The molecule has 7 nitrogen and oxygen atoms in total. The zero-order valence-corrected chi connectivity index (χ0v) is 19.9. The van der Waals surface area contributed by atoms with Crippen molar-refractivity contribution in [1.29, 1.82) is 0 Å². The van der Waals surface area contributed by atoms with Gasteiger partial charge >= 0.3 is 0 Å². The molecule has 0 aliphatic heterocycles. The fourth-order valence-corrected chi connectivity index (χ4v) is 4.44. The minimum absolute atomic E-state index is 0.823. The van der Waals surface area contributed by atoms with Gasteiger partial charge in [0.05, 0.1) is 6.20 Å². The van der Waals surface area contributed by atoms with E-state index in [1.165, 1.54) is 10.8 Å². The highest BCUT2D eigenvalue weighted by Gasteiger charge is 2.08. The van der Waals surface area contributed by atoms with Gasteiger partial charge in [-0.2, -0.15) is 0 Å². The minimum atomic E-state index is 0.823. The molecule has 0 saturated heterocycles. The van der Waals surface area contributed by atoms with Gasteiger partial charge in [-0.15, -0.1) is 0 Å². The number of hydrogen-bond donors (Lipinski definition) is 0. The zero-order valence-electron chi connectivity index (χ0n) is 19.9. The topological polar surface area (TPSA) is 73.3 Å². The highest BCUT2D eigenvalue weighted by molar-refractivity contribution is 5.98. The van der Waals surface area contributed by atoms with Crippen LogP contribution in [0.1, 0.15) is 13.8 Å². The van der Waals surface area contributed by atoms with Gasteiger partial charge in [0, 0.05) is 29.4 Å². The predicted octanol–water partition coefficient (Wildman–Crippen LogP) is 6.49. The number of rotatable bonds is 0. The first-order valence-electron chi connectivity index (χ1n) is 11.9. The third-order valence-electron chi connectivity index (χ3n) is 6.01. The molecule has 0 fully saturated rings. The molecule has 174 valence electrons. The van der Waals surface area contributed by atoms with Crippen LogP contribution >= 0.6 is 0 Å². The zero-order chi connectivity index (χ0) is 24.5. The Balaban J connectivity index is 0.000000125. The van der Waals surface area contributed by atoms with E-state index in [0.717, 1.165) is 44.4 Å². The second-order valence-electron chi connectivity index (χ2n) is 7.99. The molecule has 6 aromatic heterocycles. The molecule has 2 aromatic carbocycles. The van der Waals surface area contributed by atoms with E-state index < -0.39 is 0 Å². The van der Waals surface area contributed by atoms with E-state index in [1.807, 2.05) is 71.4 Å². The summed E-state index contributed by atoms with van der Waals surface area (Å²) >= 11 is 0. The third kappa shape index (κ3) is 3.49. The van der Waals surface area contributed by atoms with E-state index >= 15 is 0 Å². The molecule has 6 heterocycles. The Labute approximate surface area is 206 Å². The molecule has 8 aromatic rings. The van der Waals surface area contributed by atoms with E-state index in [0.29, 0.717) is 0 Å². The fourth-order valence-electron chi connectivity index (χ4n) is 4.44. The third-order valence-corrected chi connectivity index (χ3v) is 6.01. The first-order valence-corrected chi connectivity index (χ1v) is 11.9. The van der Waals surface area contributed by atoms with E-state index in [2.05, 4.69) is 61.3 Å². The van der Waals surface area contributed by atoms with Crippen LogP contribution in [0.15, 0.2) is 104 Å². The number of fused-ring (bicyclic) bond motifs is 10. The Hall–Kier alpha value is -4.91. The molecule has 0 spiro atoms. The van der Waals surface area contributed by atoms with Crippen LogP contribution in [0.2, 0.25) is 0 Å². The predicted molar refractivity (Wildman–Crippen MR) is 145 cm³/mol. The van der Waals surface area contributed by atoms with E-state index in [-0.39, 0.29) is 0 Å². The molecule has 0 saturated carbocycles. The molecular weight excluding hydrogens is 446 g/mol. The van der Waals surface area contributed by atoms with Gasteiger partial charge in [-0.25, -0.2) is 24.9 Å². The maximum absolute atomic E-state index is 4.64. The lowest BCUT2D eigenvalue weighted by molar-refractivity contribution is 1.15. The average Bonchev–Trinajstić information content (AvgIpc) is 3.53. The summed E-state index contributed by atoms with van der Waals surface area (Å²) in [5.74, 6) is 0. The Morgan fingerprint density at radius 2 is 1.14 bits per heavy atom. The smallest absolute Gasteiger partial charge is 0.167 e. The Morgan fingerprint density at radius 3 is 1.81 bits per heavy atom. The number of aromatic nitrogens is 7. The highest BCUT2D eigenvalue weighted by Crippen LogP contribution is 2.23. The molecular formula is C29H23N7. The second-order valence-corrected chi connectivity index (χ2v) is 7.99. The molecule has 36 heavy (non-hydrogen) atoms. The van der Waals surface area contributed by atoms with Gasteiger partial charge in [-0.05, 0) is 35.0 Å². The lowest BCUT2D eigenvalue weighted by Gasteiger charge is -1.99. The number of benzene rings is 2. The largest absolute Gasteiger partial charge is 0.284 e. The Morgan fingerprint density at radius 1 is 0.556 bits per heavy atom. The standard InChI is InChI=1S/C14H9N3.C13H8N4.C2H6/c1-2-5-11-10(4-1)7-9-17-13(11)16-12-6-3-8-15-14(12)17;1-2-4-10-9(3-1)5-6-17-12(10)16-11-7-14-8-15-13(11)17;1-2/h1-9H;1-8H;1-2H3. The summed E-state index contributed by atoms with van der Waals surface area (Å²) in [4.78, 5) is 21.9. The Bertz CT molecular complexity index is 1840. The molecule has 7 heteroatoms. The van der Waals surface area contributed by atoms with Gasteiger partial charge in [0.2, 0.25) is 0 Å². The lowest BCUT2D eigenvalue weighted by Crippen LogP contribution is -1.87. The van der Waals surface area contributed by atoms with Crippen molar-refractivity contribution in [3.8, 4) is 0 Å². The quantitative estimate of drug-likeness (QED) is 0.254. The number of hydrogen-bond acceptors (Lipinski definition) is 5. The highest BCUT2D eigenvalue weighted by atomic mass is 15.1. The van der Waals surface area contributed by atoms with Crippen LogP contribution in [-0.2, 0) is 0 Å². The van der Waals surface area contributed by atoms with Gasteiger partial charge < -0.3 is 0 Å². The van der Waals surface area contributed by atoms with Crippen molar-refractivity contribution in [2.75, 3.05) is 0 Å². The second kappa shape index (κ2) is 9.03. The van der Waals surface area contributed by atoms with E-state index in [1.54, 1.807) is 18.7 Å².